The Morgan fingerprint density at radius 3 is 2.19 bits per heavy atom. The number of nitrogens with zero attached hydrogens (tertiary/aromatic N) is 2. The fourth-order valence-corrected chi connectivity index (χ4v) is 4.17. The van der Waals surface area contributed by atoms with Gasteiger partial charge in [-0.25, -0.2) is 0 Å². The van der Waals surface area contributed by atoms with E-state index < -0.39 is 0 Å². The summed E-state index contributed by atoms with van der Waals surface area (Å²) in [4.78, 5) is 4.98. The van der Waals surface area contributed by atoms with Gasteiger partial charge in [-0.3, -0.25) is 4.98 Å². The summed E-state index contributed by atoms with van der Waals surface area (Å²) in [5.74, 6) is 1.01. The molecule has 5 aromatic rings. The van der Waals surface area contributed by atoms with Gasteiger partial charge < -0.3 is 4.57 Å². The van der Waals surface area contributed by atoms with E-state index in [1.807, 2.05) is 6.07 Å². The van der Waals surface area contributed by atoms with E-state index in [4.69, 9.17) is 4.98 Å². The van der Waals surface area contributed by atoms with Crippen molar-refractivity contribution in [3.63, 3.8) is 0 Å². The van der Waals surface area contributed by atoms with Crippen molar-refractivity contribution in [3.05, 3.63) is 83.7 Å². The van der Waals surface area contributed by atoms with Gasteiger partial charge in [-0.2, -0.15) is 0 Å². The van der Waals surface area contributed by atoms with Gasteiger partial charge in [0, 0.05) is 31.1 Å². The molecule has 2 nitrogen and oxygen atoms in total. The molecule has 0 bridgehead atoms. The van der Waals surface area contributed by atoms with E-state index in [2.05, 4.69) is 86.0 Å². The Labute approximate surface area is 172 Å². The van der Waals surface area contributed by atoms with Crippen molar-refractivity contribution in [2.75, 3.05) is 0 Å². The van der Waals surface area contributed by atoms with Crippen LogP contribution >= 0.6 is 0 Å². The second-order valence-electron chi connectivity index (χ2n) is 6.94. The van der Waals surface area contributed by atoms with Crippen LogP contribution in [0.4, 0.5) is 0 Å². The summed E-state index contributed by atoms with van der Waals surface area (Å²) >= 11 is 0. The zero-order valence-corrected chi connectivity index (χ0v) is 17.9. The summed E-state index contributed by atoms with van der Waals surface area (Å²) in [5, 5.41) is 4.79. The van der Waals surface area contributed by atoms with E-state index in [1.165, 1.54) is 38.5 Å². The third-order valence-electron chi connectivity index (χ3n) is 5.27. The van der Waals surface area contributed by atoms with Gasteiger partial charge in [-0.15, -0.1) is 29.7 Å². The van der Waals surface area contributed by atoms with Gasteiger partial charge in [0.15, 0.2) is 0 Å². The molecule has 0 aliphatic carbocycles. The monoisotopic (exact) mass is 528 g/mol. The molecule has 0 atom stereocenters. The average molecular weight is 528 g/mol. The number of benzene rings is 4. The Bertz CT molecular complexity index is 1290. The van der Waals surface area contributed by atoms with Crippen LogP contribution in [0.5, 0.6) is 0 Å². The number of aromatic nitrogens is 2. The number of aryl methyl sites for hydroxylation is 3. The van der Waals surface area contributed by atoms with E-state index in [-0.39, 0.29) is 20.1 Å². The molecule has 1 heterocycles. The van der Waals surface area contributed by atoms with E-state index in [0.717, 1.165) is 16.7 Å². The zero-order chi connectivity index (χ0) is 17.8. The van der Waals surface area contributed by atoms with Gasteiger partial charge >= 0.3 is 0 Å². The molecule has 1 aromatic heterocycles. The van der Waals surface area contributed by atoms with Gasteiger partial charge in [0.1, 0.15) is 0 Å². The molecule has 5 rings (SSSR count). The number of para-hydroxylation sites is 1. The van der Waals surface area contributed by atoms with Crippen molar-refractivity contribution in [3.8, 4) is 5.69 Å². The molecule has 0 unspecified atom stereocenters. The predicted octanol–water partition coefficient (Wildman–Crippen LogP) is 6.05. The van der Waals surface area contributed by atoms with Gasteiger partial charge in [0.05, 0.1) is 11.5 Å². The summed E-state index contributed by atoms with van der Waals surface area (Å²) in [5.41, 5.74) is 5.94. The summed E-state index contributed by atoms with van der Waals surface area (Å²) in [7, 11) is 0. The fraction of sp³-hybridized carbons (Fsp3) is 0.125. The standard InChI is InChI=1S/C24H19N2.Ir/c1-15-9-8-10-16(2)23(15)26-17(3)25-22-20-13-6-4-11-18(20)19-12-5-7-14-21(19)24(22)26;/h4-12,14H,1-3H3;/q-1;. The normalized spacial score (nSPS) is 11.2. The smallest absolute Gasteiger partial charge is 0.0998 e. The Kier molecular flexibility index (Phi) is 4.38. The zero-order valence-electron chi connectivity index (χ0n) is 15.5. The Morgan fingerprint density at radius 2 is 1.44 bits per heavy atom. The van der Waals surface area contributed by atoms with Crippen molar-refractivity contribution in [2.24, 2.45) is 0 Å². The molecule has 0 saturated carbocycles. The minimum atomic E-state index is 0. The summed E-state index contributed by atoms with van der Waals surface area (Å²) in [6, 6.07) is 24.7. The summed E-state index contributed by atoms with van der Waals surface area (Å²) in [6.45, 7) is 6.43. The Morgan fingerprint density at radius 1 is 0.778 bits per heavy atom. The molecular weight excluding hydrogens is 508 g/mol. The number of rotatable bonds is 1. The molecule has 0 fully saturated rings. The van der Waals surface area contributed by atoms with Crippen LogP contribution in [0.2, 0.25) is 0 Å². The van der Waals surface area contributed by atoms with E-state index in [0.29, 0.717) is 0 Å². The quantitative estimate of drug-likeness (QED) is 0.192. The Balaban J connectivity index is 0.00000180. The van der Waals surface area contributed by atoms with Crippen LogP contribution < -0.4 is 0 Å². The van der Waals surface area contributed by atoms with Crippen LogP contribution in [0.15, 0.2) is 60.7 Å². The molecule has 0 spiro atoms. The first-order valence-corrected chi connectivity index (χ1v) is 8.93. The van der Waals surface area contributed by atoms with Crippen LogP contribution in [0.25, 0.3) is 38.3 Å². The van der Waals surface area contributed by atoms with Gasteiger partial charge in [0.2, 0.25) is 0 Å². The van der Waals surface area contributed by atoms with Crippen molar-refractivity contribution in [1.29, 1.82) is 0 Å². The summed E-state index contributed by atoms with van der Waals surface area (Å²) in [6.07, 6.45) is 0. The molecule has 135 valence electrons. The molecule has 0 N–H and O–H groups in total. The third-order valence-corrected chi connectivity index (χ3v) is 5.27. The predicted molar refractivity (Wildman–Crippen MR) is 109 cm³/mol. The molecular formula is C24H19IrN2-. The maximum absolute atomic E-state index is 4.98. The van der Waals surface area contributed by atoms with Crippen molar-refractivity contribution < 1.29 is 20.1 Å². The average Bonchev–Trinajstić information content (AvgIpc) is 2.99. The fourth-order valence-electron chi connectivity index (χ4n) is 4.17. The van der Waals surface area contributed by atoms with Crippen LogP contribution in [-0.4, -0.2) is 9.55 Å². The van der Waals surface area contributed by atoms with E-state index in [1.54, 1.807) is 0 Å². The number of imidazole rings is 1. The first kappa shape index (κ1) is 17.9. The molecule has 0 aliphatic rings. The van der Waals surface area contributed by atoms with Crippen molar-refractivity contribution >= 4 is 32.6 Å². The maximum atomic E-state index is 4.98. The van der Waals surface area contributed by atoms with Gasteiger partial charge in [0.25, 0.3) is 0 Å². The van der Waals surface area contributed by atoms with Crippen LogP contribution in [0, 0.1) is 26.8 Å². The van der Waals surface area contributed by atoms with E-state index in [9.17, 15) is 0 Å². The van der Waals surface area contributed by atoms with Gasteiger partial charge in [-0.1, -0.05) is 53.2 Å². The second-order valence-corrected chi connectivity index (χ2v) is 6.94. The molecule has 1 radical (unpaired) electrons. The number of fused-ring (bicyclic) bond motifs is 6. The Hall–Kier alpha value is -2.48. The van der Waals surface area contributed by atoms with Crippen molar-refractivity contribution in [2.45, 2.75) is 20.8 Å². The first-order valence-electron chi connectivity index (χ1n) is 8.93. The van der Waals surface area contributed by atoms with Crippen LogP contribution in [0.1, 0.15) is 17.0 Å². The van der Waals surface area contributed by atoms with E-state index >= 15 is 0 Å². The first-order chi connectivity index (χ1) is 12.7. The molecule has 0 saturated heterocycles. The second kappa shape index (κ2) is 6.60. The third kappa shape index (κ3) is 2.54. The molecule has 3 heteroatoms. The van der Waals surface area contributed by atoms with Crippen LogP contribution in [-0.2, 0) is 20.1 Å². The topological polar surface area (TPSA) is 17.8 Å². The summed E-state index contributed by atoms with van der Waals surface area (Å²) < 4.78 is 2.32. The molecule has 4 aromatic carbocycles. The largest absolute Gasteiger partial charge is 0.305 e. The molecule has 27 heavy (non-hydrogen) atoms. The molecule has 0 amide bonds. The van der Waals surface area contributed by atoms with Crippen molar-refractivity contribution in [1.82, 2.24) is 9.55 Å². The minimum Gasteiger partial charge on any atom is -0.305 e. The SMILES string of the molecule is Cc1cccc(C)c1-n1c(C)nc2c3[c-]cccc3c3ccccc3c21.[Ir]. The minimum absolute atomic E-state index is 0. The maximum Gasteiger partial charge on any atom is 0.0998 e. The number of hydrogen-bond donors (Lipinski definition) is 0. The van der Waals surface area contributed by atoms with Gasteiger partial charge in [-0.05, 0) is 37.3 Å². The number of hydrogen-bond acceptors (Lipinski definition) is 1. The molecule has 0 aliphatic heterocycles. The van der Waals surface area contributed by atoms with Crippen LogP contribution in [0.3, 0.4) is 0 Å².